The standard InChI is InChI=1S/C11H14FNO3S/c1-11(15,10(14)16-2)6-17-9-4-3-7(12)5-8(9)13/h3-5,15H,6,13H2,1-2H3. The van der Waals surface area contributed by atoms with Gasteiger partial charge in [-0.2, -0.15) is 0 Å². The lowest BCUT2D eigenvalue weighted by molar-refractivity contribution is -0.158. The number of nitrogen functional groups attached to an aromatic ring is 1. The second kappa shape index (κ2) is 5.37. The zero-order valence-electron chi connectivity index (χ0n) is 9.57. The Labute approximate surface area is 103 Å². The summed E-state index contributed by atoms with van der Waals surface area (Å²) < 4.78 is 17.3. The Morgan fingerprint density at radius 2 is 2.29 bits per heavy atom. The molecule has 0 fully saturated rings. The van der Waals surface area contributed by atoms with Gasteiger partial charge in [-0.3, -0.25) is 0 Å². The number of anilines is 1. The number of carbonyl (C=O) groups is 1. The highest BCUT2D eigenvalue weighted by Gasteiger charge is 2.31. The number of carbonyl (C=O) groups excluding carboxylic acids is 1. The molecule has 0 heterocycles. The number of halogens is 1. The predicted molar refractivity (Wildman–Crippen MR) is 64.2 cm³/mol. The Morgan fingerprint density at radius 3 is 2.82 bits per heavy atom. The summed E-state index contributed by atoms with van der Waals surface area (Å²) in [6.45, 7) is 1.35. The van der Waals surface area contributed by atoms with E-state index in [0.29, 0.717) is 4.90 Å². The molecule has 4 nitrogen and oxygen atoms in total. The zero-order valence-corrected chi connectivity index (χ0v) is 10.4. The number of methoxy groups -OCH3 is 1. The first-order chi connectivity index (χ1) is 7.86. The van der Waals surface area contributed by atoms with E-state index in [9.17, 15) is 14.3 Å². The third kappa shape index (κ3) is 3.61. The van der Waals surface area contributed by atoms with Gasteiger partial charge in [0, 0.05) is 16.3 Å². The molecule has 0 amide bonds. The largest absolute Gasteiger partial charge is 0.467 e. The van der Waals surface area contributed by atoms with Crippen molar-refractivity contribution in [1.82, 2.24) is 0 Å². The van der Waals surface area contributed by atoms with Crippen LogP contribution in [0.3, 0.4) is 0 Å². The smallest absolute Gasteiger partial charge is 0.338 e. The molecule has 0 saturated heterocycles. The number of esters is 1. The summed E-state index contributed by atoms with van der Waals surface area (Å²) >= 11 is 1.16. The molecule has 0 spiro atoms. The third-order valence-electron chi connectivity index (χ3n) is 2.11. The maximum absolute atomic E-state index is 12.8. The number of nitrogens with two attached hydrogens (primary N) is 1. The normalized spacial score (nSPS) is 14.1. The van der Waals surface area contributed by atoms with E-state index < -0.39 is 17.4 Å². The molecule has 94 valence electrons. The van der Waals surface area contributed by atoms with Crippen molar-refractivity contribution in [3.05, 3.63) is 24.0 Å². The maximum Gasteiger partial charge on any atom is 0.338 e. The molecule has 0 aromatic heterocycles. The molecule has 1 unspecified atom stereocenters. The van der Waals surface area contributed by atoms with E-state index in [1.165, 1.54) is 32.2 Å². The Balaban J connectivity index is 2.70. The van der Waals surface area contributed by atoms with Gasteiger partial charge in [-0.05, 0) is 25.1 Å². The van der Waals surface area contributed by atoms with Crippen molar-refractivity contribution in [3.63, 3.8) is 0 Å². The number of thioether (sulfide) groups is 1. The molecule has 6 heteroatoms. The van der Waals surface area contributed by atoms with Crippen molar-refractivity contribution < 1.29 is 19.0 Å². The molecule has 0 aliphatic carbocycles. The van der Waals surface area contributed by atoms with Crippen molar-refractivity contribution in [2.45, 2.75) is 17.4 Å². The van der Waals surface area contributed by atoms with Crippen LogP contribution in [0.5, 0.6) is 0 Å². The highest BCUT2D eigenvalue weighted by Crippen LogP contribution is 2.28. The van der Waals surface area contributed by atoms with Crippen molar-refractivity contribution in [1.29, 1.82) is 0 Å². The van der Waals surface area contributed by atoms with Crippen LogP contribution in [0.15, 0.2) is 23.1 Å². The Kier molecular flexibility index (Phi) is 4.36. The molecule has 3 N–H and O–H groups in total. The minimum absolute atomic E-state index is 0.0789. The Hall–Kier alpha value is -1.27. The summed E-state index contributed by atoms with van der Waals surface area (Å²) in [6, 6.07) is 3.96. The number of aliphatic hydroxyl groups is 1. The predicted octanol–water partition coefficient (Wildman–Crippen LogP) is 1.42. The fraction of sp³-hybridized carbons (Fsp3) is 0.364. The molecule has 0 radical (unpaired) electrons. The lowest BCUT2D eigenvalue weighted by atomic mass is 10.1. The second-order valence-electron chi connectivity index (χ2n) is 3.74. The van der Waals surface area contributed by atoms with Crippen LogP contribution in [0.1, 0.15) is 6.92 Å². The van der Waals surface area contributed by atoms with Gasteiger partial charge < -0.3 is 15.6 Å². The minimum Gasteiger partial charge on any atom is -0.467 e. The maximum atomic E-state index is 12.8. The molecular formula is C11H14FNO3S. The average Bonchev–Trinajstić information content (AvgIpc) is 2.26. The van der Waals surface area contributed by atoms with Gasteiger partial charge >= 0.3 is 5.97 Å². The molecule has 1 aromatic rings. The molecule has 0 aliphatic heterocycles. The summed E-state index contributed by atoms with van der Waals surface area (Å²) in [4.78, 5) is 11.8. The molecular weight excluding hydrogens is 245 g/mol. The van der Waals surface area contributed by atoms with Gasteiger partial charge in [0.15, 0.2) is 5.60 Å². The molecule has 1 aromatic carbocycles. The highest BCUT2D eigenvalue weighted by molar-refractivity contribution is 7.99. The lowest BCUT2D eigenvalue weighted by Crippen LogP contribution is -2.38. The first kappa shape index (κ1) is 13.8. The van der Waals surface area contributed by atoms with E-state index >= 15 is 0 Å². The fourth-order valence-electron chi connectivity index (χ4n) is 1.15. The average molecular weight is 259 g/mol. The number of rotatable bonds is 4. The monoisotopic (exact) mass is 259 g/mol. The molecule has 17 heavy (non-hydrogen) atoms. The van der Waals surface area contributed by atoms with Gasteiger partial charge in [-0.1, -0.05) is 0 Å². The van der Waals surface area contributed by atoms with Crippen LogP contribution in [-0.2, 0) is 9.53 Å². The lowest BCUT2D eigenvalue weighted by Gasteiger charge is -2.19. The van der Waals surface area contributed by atoms with Crippen LogP contribution < -0.4 is 5.73 Å². The van der Waals surface area contributed by atoms with E-state index in [-0.39, 0.29) is 11.4 Å². The van der Waals surface area contributed by atoms with Crippen molar-refractivity contribution >= 4 is 23.4 Å². The van der Waals surface area contributed by atoms with E-state index in [1.807, 2.05) is 0 Å². The molecule has 1 atom stereocenters. The highest BCUT2D eigenvalue weighted by atomic mass is 32.2. The van der Waals surface area contributed by atoms with Gasteiger partial charge in [0.2, 0.25) is 0 Å². The molecule has 0 bridgehead atoms. The fourth-order valence-corrected chi connectivity index (χ4v) is 2.09. The topological polar surface area (TPSA) is 72.5 Å². The second-order valence-corrected chi connectivity index (χ2v) is 4.75. The molecule has 0 saturated carbocycles. The zero-order chi connectivity index (χ0) is 13.1. The third-order valence-corrected chi connectivity index (χ3v) is 3.49. The van der Waals surface area contributed by atoms with Crippen LogP contribution in [0.4, 0.5) is 10.1 Å². The van der Waals surface area contributed by atoms with Crippen LogP contribution in [0.2, 0.25) is 0 Å². The summed E-state index contributed by atoms with van der Waals surface area (Å²) in [5.74, 6) is -1.06. The van der Waals surface area contributed by atoms with Gasteiger partial charge in [-0.15, -0.1) is 11.8 Å². The first-order valence-corrected chi connectivity index (χ1v) is 5.84. The van der Waals surface area contributed by atoms with Crippen molar-refractivity contribution in [2.75, 3.05) is 18.6 Å². The molecule has 1 rings (SSSR count). The van der Waals surface area contributed by atoms with Crippen molar-refractivity contribution in [2.24, 2.45) is 0 Å². The van der Waals surface area contributed by atoms with E-state index in [0.717, 1.165) is 11.8 Å². The number of hydrogen-bond donors (Lipinski definition) is 2. The van der Waals surface area contributed by atoms with Crippen molar-refractivity contribution in [3.8, 4) is 0 Å². The van der Waals surface area contributed by atoms with Crippen LogP contribution in [0, 0.1) is 5.82 Å². The van der Waals surface area contributed by atoms with E-state index in [1.54, 1.807) is 0 Å². The Bertz CT molecular complexity index is 423. The Morgan fingerprint density at radius 1 is 1.65 bits per heavy atom. The van der Waals surface area contributed by atoms with Crippen LogP contribution >= 0.6 is 11.8 Å². The van der Waals surface area contributed by atoms with Gasteiger partial charge in [0.1, 0.15) is 5.82 Å². The summed E-state index contributed by atoms with van der Waals surface area (Å²) in [7, 11) is 1.20. The number of ether oxygens (including phenoxy) is 1. The summed E-state index contributed by atoms with van der Waals surface area (Å²) in [5.41, 5.74) is 4.28. The van der Waals surface area contributed by atoms with Gasteiger partial charge in [-0.25, -0.2) is 9.18 Å². The van der Waals surface area contributed by atoms with E-state index in [4.69, 9.17) is 5.73 Å². The van der Waals surface area contributed by atoms with E-state index in [2.05, 4.69) is 4.74 Å². The summed E-state index contributed by atoms with van der Waals surface area (Å²) in [5, 5.41) is 9.78. The summed E-state index contributed by atoms with van der Waals surface area (Å²) in [6.07, 6.45) is 0. The number of benzene rings is 1. The number of hydrogen-bond acceptors (Lipinski definition) is 5. The van der Waals surface area contributed by atoms with Gasteiger partial charge in [0.05, 0.1) is 7.11 Å². The molecule has 0 aliphatic rings. The van der Waals surface area contributed by atoms with Crippen LogP contribution in [-0.4, -0.2) is 29.5 Å². The SMILES string of the molecule is COC(=O)C(C)(O)CSc1ccc(F)cc1N. The minimum atomic E-state index is -1.60. The van der Waals surface area contributed by atoms with Gasteiger partial charge in [0.25, 0.3) is 0 Å². The first-order valence-electron chi connectivity index (χ1n) is 4.85. The van der Waals surface area contributed by atoms with Crippen LogP contribution in [0.25, 0.3) is 0 Å². The quantitative estimate of drug-likeness (QED) is 0.486.